The van der Waals surface area contributed by atoms with Gasteiger partial charge >= 0.3 is 0 Å². The first-order valence-electron chi connectivity index (χ1n) is 16.3. The highest BCUT2D eigenvalue weighted by Gasteiger charge is 2.23. The van der Waals surface area contributed by atoms with Crippen LogP contribution in [0.4, 0.5) is 17.5 Å². The highest BCUT2D eigenvalue weighted by molar-refractivity contribution is 6.33. The maximum absolute atomic E-state index is 4.69. The number of aromatic nitrogens is 4. The predicted octanol–water partition coefficient (Wildman–Crippen LogP) is 11.2. The molecule has 0 bridgehead atoms. The van der Waals surface area contributed by atoms with Gasteiger partial charge in [0.2, 0.25) is 5.95 Å². The summed E-state index contributed by atoms with van der Waals surface area (Å²) in [4.78, 5) is 19.8. The summed E-state index contributed by atoms with van der Waals surface area (Å²) < 4.78 is 0. The number of benzene rings is 7. The van der Waals surface area contributed by atoms with Gasteiger partial charge in [0.05, 0.1) is 5.69 Å². The molecule has 0 N–H and O–H groups in total. The fourth-order valence-electron chi connectivity index (χ4n) is 7.06. The molecule has 0 saturated carbocycles. The second kappa shape index (κ2) is 12.1. The van der Waals surface area contributed by atoms with Crippen LogP contribution in [0.3, 0.4) is 0 Å². The summed E-state index contributed by atoms with van der Waals surface area (Å²) in [5, 5.41) is 7.13. The standard InChI is InChI=1S/C44H29N5/c1-4-14-30(15-5-1)37-27-38(31-16-6-2-7-17-31)42-35-21-11-10-20-34(35)39-26-33(23-24-36(39)43(42)41(37)32-18-8-3-9-19-32)49(40-22-12-13-25-46-40)44-47-28-45-29-48-44/h1-29H. The summed E-state index contributed by atoms with van der Waals surface area (Å²) in [5.74, 6) is 1.22. The molecule has 0 spiro atoms. The lowest BCUT2D eigenvalue weighted by Gasteiger charge is -2.24. The van der Waals surface area contributed by atoms with E-state index >= 15 is 0 Å². The number of fused-ring (bicyclic) bond motifs is 6. The van der Waals surface area contributed by atoms with Crippen molar-refractivity contribution in [2.24, 2.45) is 0 Å². The zero-order chi connectivity index (χ0) is 32.6. The van der Waals surface area contributed by atoms with Gasteiger partial charge < -0.3 is 0 Å². The minimum absolute atomic E-state index is 0.501. The Morgan fingerprint density at radius 3 is 1.67 bits per heavy atom. The molecule has 0 radical (unpaired) electrons. The molecule has 0 atom stereocenters. The first-order chi connectivity index (χ1) is 24.3. The molecule has 2 aromatic heterocycles. The van der Waals surface area contributed by atoms with Crippen LogP contribution in [0.5, 0.6) is 0 Å². The Balaban J connectivity index is 1.47. The summed E-state index contributed by atoms with van der Waals surface area (Å²) in [7, 11) is 0. The Morgan fingerprint density at radius 2 is 1.00 bits per heavy atom. The molecular formula is C44H29N5. The third kappa shape index (κ3) is 4.96. The van der Waals surface area contributed by atoms with Gasteiger partial charge in [-0.3, -0.25) is 4.90 Å². The Bertz CT molecular complexity index is 2540. The molecule has 230 valence electrons. The van der Waals surface area contributed by atoms with Gasteiger partial charge in [-0.25, -0.2) is 19.9 Å². The van der Waals surface area contributed by atoms with Crippen LogP contribution in [-0.2, 0) is 0 Å². The maximum atomic E-state index is 4.69. The SMILES string of the molecule is c1ccc(-c2cc(-c3ccccc3)c3c4ccccc4c4cc(N(c5ccccn5)c5ncncn5)ccc4c3c2-c2ccccc2)cc1. The molecule has 0 unspecified atom stereocenters. The molecule has 0 aliphatic rings. The number of rotatable bonds is 6. The highest BCUT2D eigenvalue weighted by Crippen LogP contribution is 2.49. The van der Waals surface area contributed by atoms with E-state index in [4.69, 9.17) is 4.98 Å². The lowest BCUT2D eigenvalue weighted by Crippen LogP contribution is -2.14. The number of hydrogen-bond donors (Lipinski definition) is 0. The Labute approximate surface area is 283 Å². The van der Waals surface area contributed by atoms with Gasteiger partial charge in [0.25, 0.3) is 0 Å². The number of hydrogen-bond acceptors (Lipinski definition) is 5. The molecule has 0 amide bonds. The van der Waals surface area contributed by atoms with Crippen LogP contribution >= 0.6 is 0 Å². The molecule has 9 rings (SSSR count). The van der Waals surface area contributed by atoms with Crippen molar-refractivity contribution in [3.63, 3.8) is 0 Å². The van der Waals surface area contributed by atoms with E-state index in [2.05, 4.69) is 154 Å². The van der Waals surface area contributed by atoms with E-state index in [9.17, 15) is 0 Å². The average Bonchev–Trinajstić information content (AvgIpc) is 3.19. The summed E-state index contributed by atoms with van der Waals surface area (Å²) in [5.41, 5.74) is 8.05. The predicted molar refractivity (Wildman–Crippen MR) is 201 cm³/mol. The van der Waals surface area contributed by atoms with Crippen LogP contribution in [0.1, 0.15) is 0 Å². The third-order valence-electron chi connectivity index (χ3n) is 9.13. The zero-order valence-corrected chi connectivity index (χ0v) is 26.5. The van der Waals surface area contributed by atoms with Gasteiger partial charge in [0.1, 0.15) is 18.5 Å². The van der Waals surface area contributed by atoms with Gasteiger partial charge in [-0.15, -0.1) is 0 Å². The highest BCUT2D eigenvalue weighted by atomic mass is 15.3. The van der Waals surface area contributed by atoms with E-state index in [1.807, 2.05) is 23.1 Å². The van der Waals surface area contributed by atoms with Crippen molar-refractivity contribution in [3.05, 3.63) is 177 Å². The van der Waals surface area contributed by atoms with Gasteiger partial charge in [0.15, 0.2) is 0 Å². The molecule has 9 aromatic rings. The Kier molecular flexibility index (Phi) is 7.06. The summed E-state index contributed by atoms with van der Waals surface area (Å²) in [6.07, 6.45) is 4.82. The number of anilines is 3. The quantitative estimate of drug-likeness (QED) is 0.172. The minimum atomic E-state index is 0.501. The average molecular weight is 628 g/mol. The van der Waals surface area contributed by atoms with Crippen LogP contribution in [0, 0.1) is 0 Å². The van der Waals surface area contributed by atoms with Crippen molar-refractivity contribution in [2.75, 3.05) is 4.90 Å². The van der Waals surface area contributed by atoms with Crippen molar-refractivity contribution in [2.45, 2.75) is 0 Å². The summed E-state index contributed by atoms with van der Waals surface area (Å²) in [6.45, 7) is 0. The third-order valence-corrected chi connectivity index (χ3v) is 9.13. The molecule has 0 aliphatic heterocycles. The van der Waals surface area contributed by atoms with Gasteiger partial charge in [-0.1, -0.05) is 127 Å². The van der Waals surface area contributed by atoms with Crippen LogP contribution in [0.25, 0.3) is 65.7 Å². The molecule has 0 aliphatic carbocycles. The fraction of sp³-hybridized carbons (Fsp3) is 0. The first-order valence-corrected chi connectivity index (χ1v) is 16.3. The second-order valence-corrected chi connectivity index (χ2v) is 11.9. The van der Waals surface area contributed by atoms with Crippen molar-refractivity contribution >= 4 is 49.8 Å². The topological polar surface area (TPSA) is 54.8 Å². The van der Waals surface area contributed by atoms with Gasteiger partial charge in [-0.05, 0) is 96.0 Å². The second-order valence-electron chi connectivity index (χ2n) is 11.9. The molecule has 0 saturated heterocycles. The molecule has 0 fully saturated rings. The fourth-order valence-corrected chi connectivity index (χ4v) is 7.06. The normalized spacial score (nSPS) is 11.3. The smallest absolute Gasteiger partial charge is 0.238 e. The summed E-state index contributed by atoms with van der Waals surface area (Å²) in [6, 6.07) is 56.0. The van der Waals surface area contributed by atoms with E-state index in [-0.39, 0.29) is 0 Å². The van der Waals surface area contributed by atoms with Gasteiger partial charge in [-0.2, -0.15) is 0 Å². The van der Waals surface area contributed by atoms with E-state index in [1.165, 1.54) is 73.0 Å². The Morgan fingerprint density at radius 1 is 0.408 bits per heavy atom. The lowest BCUT2D eigenvalue weighted by molar-refractivity contribution is 0.994. The van der Waals surface area contributed by atoms with Crippen molar-refractivity contribution in [3.8, 4) is 33.4 Å². The van der Waals surface area contributed by atoms with E-state index < -0.39 is 0 Å². The molecule has 7 aromatic carbocycles. The Hall–Kier alpha value is -6.72. The molecule has 5 nitrogen and oxygen atoms in total. The first kappa shape index (κ1) is 28.5. The van der Waals surface area contributed by atoms with E-state index in [0.29, 0.717) is 5.95 Å². The summed E-state index contributed by atoms with van der Waals surface area (Å²) >= 11 is 0. The number of pyridine rings is 1. The molecule has 49 heavy (non-hydrogen) atoms. The van der Waals surface area contributed by atoms with E-state index in [1.54, 1.807) is 6.20 Å². The van der Waals surface area contributed by atoms with Gasteiger partial charge in [0, 0.05) is 6.20 Å². The maximum Gasteiger partial charge on any atom is 0.238 e. The van der Waals surface area contributed by atoms with Crippen LogP contribution < -0.4 is 4.90 Å². The minimum Gasteiger partial charge on any atom is -0.263 e. The van der Waals surface area contributed by atoms with Crippen molar-refractivity contribution < 1.29 is 0 Å². The van der Waals surface area contributed by atoms with Crippen molar-refractivity contribution in [1.82, 2.24) is 19.9 Å². The molecule has 5 heteroatoms. The van der Waals surface area contributed by atoms with Crippen LogP contribution in [-0.4, -0.2) is 19.9 Å². The monoisotopic (exact) mass is 627 g/mol. The molecule has 2 heterocycles. The zero-order valence-electron chi connectivity index (χ0n) is 26.5. The largest absolute Gasteiger partial charge is 0.263 e. The van der Waals surface area contributed by atoms with Crippen molar-refractivity contribution in [1.29, 1.82) is 0 Å². The number of nitrogens with zero attached hydrogens (tertiary/aromatic N) is 5. The molecular weight excluding hydrogens is 599 g/mol. The van der Waals surface area contributed by atoms with Crippen LogP contribution in [0.2, 0.25) is 0 Å². The van der Waals surface area contributed by atoms with Crippen LogP contribution in [0.15, 0.2) is 177 Å². The lowest BCUT2D eigenvalue weighted by atomic mass is 9.81. The van der Waals surface area contributed by atoms with E-state index in [0.717, 1.165) is 16.9 Å².